The van der Waals surface area contributed by atoms with Gasteiger partial charge in [0.2, 0.25) is 0 Å². The molecule has 0 fully saturated rings. The van der Waals surface area contributed by atoms with E-state index in [2.05, 4.69) is 15.5 Å². The van der Waals surface area contributed by atoms with Crippen molar-refractivity contribution >= 4 is 11.4 Å². The second kappa shape index (κ2) is 7.09. The van der Waals surface area contributed by atoms with Gasteiger partial charge in [-0.15, -0.1) is 5.10 Å². The Labute approximate surface area is 146 Å². The molecule has 0 aliphatic carbocycles. The van der Waals surface area contributed by atoms with Crippen LogP contribution in [0.15, 0.2) is 60.8 Å². The first-order valence-corrected chi connectivity index (χ1v) is 7.90. The minimum Gasteiger partial charge on any atom is -0.383 e. The number of tetrazole rings is 1. The lowest BCUT2D eigenvalue weighted by molar-refractivity contribution is 0.105. The number of Topliss-reactive ketones (excluding diaryl/α,β-unsaturated/α-hetero) is 1. The number of hydrogen-bond donors (Lipinski definition) is 0. The maximum Gasteiger partial charge on any atom is 0.198 e. The number of nitrogens with zero attached hydrogens (tertiary/aromatic N) is 5. The molecule has 0 aliphatic heterocycles. The molecule has 0 atom stereocenters. The molecule has 0 saturated heterocycles. The number of ketones is 1. The second-order valence-corrected chi connectivity index (χ2v) is 5.95. The Hall–Kier alpha value is -3.28. The van der Waals surface area contributed by atoms with Crippen molar-refractivity contribution in [2.75, 3.05) is 14.1 Å². The Kier molecular flexibility index (Phi) is 4.70. The highest BCUT2D eigenvalue weighted by molar-refractivity contribution is 6.28. The molecule has 6 heteroatoms. The number of hydrogen-bond acceptors (Lipinski definition) is 5. The third kappa shape index (κ3) is 3.63. The van der Waals surface area contributed by atoms with Crippen LogP contribution in [0.3, 0.4) is 0 Å². The van der Waals surface area contributed by atoms with Gasteiger partial charge in [-0.1, -0.05) is 48.0 Å². The van der Waals surface area contributed by atoms with Gasteiger partial charge in [-0.05, 0) is 29.5 Å². The van der Waals surface area contributed by atoms with Crippen molar-refractivity contribution in [2.45, 2.75) is 6.92 Å². The Morgan fingerprint density at radius 3 is 2.36 bits per heavy atom. The SMILES string of the molecule is Cc1ccc(C(=O)/C(=C\N(C)C)c2nnnn2-c2ccccc2)cc1. The molecular formula is C19H19N5O. The molecule has 0 spiro atoms. The molecule has 126 valence electrons. The molecule has 0 N–H and O–H groups in total. The van der Waals surface area contributed by atoms with E-state index in [1.165, 1.54) is 0 Å². The maximum absolute atomic E-state index is 13.1. The van der Waals surface area contributed by atoms with E-state index < -0.39 is 0 Å². The average molecular weight is 333 g/mol. The normalized spacial score (nSPS) is 11.4. The van der Waals surface area contributed by atoms with Crippen LogP contribution in [0.25, 0.3) is 11.3 Å². The summed E-state index contributed by atoms with van der Waals surface area (Å²) in [5.74, 6) is 0.283. The number of aromatic nitrogens is 4. The highest BCUT2D eigenvalue weighted by atomic mass is 16.1. The lowest BCUT2D eigenvalue weighted by Gasteiger charge is -2.12. The van der Waals surface area contributed by atoms with Crippen molar-refractivity contribution in [1.29, 1.82) is 0 Å². The topological polar surface area (TPSA) is 63.9 Å². The van der Waals surface area contributed by atoms with Crippen molar-refractivity contribution in [2.24, 2.45) is 0 Å². The number of allylic oxidation sites excluding steroid dienone is 1. The smallest absolute Gasteiger partial charge is 0.198 e. The van der Waals surface area contributed by atoms with Crippen molar-refractivity contribution in [3.05, 3.63) is 77.7 Å². The Bertz CT molecular complexity index is 895. The predicted molar refractivity (Wildman–Crippen MR) is 96.3 cm³/mol. The molecule has 0 unspecified atom stereocenters. The summed E-state index contributed by atoms with van der Waals surface area (Å²) in [7, 11) is 3.72. The van der Waals surface area contributed by atoms with Crippen LogP contribution in [-0.4, -0.2) is 45.0 Å². The van der Waals surface area contributed by atoms with E-state index in [1.807, 2.05) is 80.5 Å². The van der Waals surface area contributed by atoms with Gasteiger partial charge >= 0.3 is 0 Å². The van der Waals surface area contributed by atoms with Gasteiger partial charge in [0.05, 0.1) is 11.3 Å². The van der Waals surface area contributed by atoms with Crippen LogP contribution in [0, 0.1) is 6.92 Å². The summed E-state index contributed by atoms with van der Waals surface area (Å²) in [5, 5.41) is 11.9. The van der Waals surface area contributed by atoms with Gasteiger partial charge in [-0.2, -0.15) is 4.68 Å². The van der Waals surface area contributed by atoms with Crippen molar-refractivity contribution in [3.8, 4) is 5.69 Å². The standard InChI is InChI=1S/C19H19N5O/c1-14-9-11-15(12-10-14)18(25)17(13-23(2)3)19-20-21-22-24(19)16-7-5-4-6-8-16/h4-13H,1-3H3/b17-13+. The Balaban J connectivity index is 2.08. The monoisotopic (exact) mass is 333 g/mol. The molecule has 0 aliphatic rings. The third-order valence-electron chi connectivity index (χ3n) is 3.66. The van der Waals surface area contributed by atoms with E-state index in [4.69, 9.17) is 0 Å². The first-order valence-electron chi connectivity index (χ1n) is 7.90. The van der Waals surface area contributed by atoms with Gasteiger partial charge in [-0.3, -0.25) is 4.79 Å². The Morgan fingerprint density at radius 2 is 1.72 bits per heavy atom. The molecule has 1 aromatic heterocycles. The van der Waals surface area contributed by atoms with Crippen LogP contribution in [0.1, 0.15) is 21.7 Å². The first-order chi connectivity index (χ1) is 12.1. The van der Waals surface area contributed by atoms with Crippen molar-refractivity contribution in [3.63, 3.8) is 0 Å². The van der Waals surface area contributed by atoms with Crippen LogP contribution < -0.4 is 0 Å². The fourth-order valence-electron chi connectivity index (χ4n) is 2.43. The summed E-state index contributed by atoms with van der Waals surface area (Å²) >= 11 is 0. The van der Waals surface area contributed by atoms with E-state index in [0.717, 1.165) is 11.3 Å². The number of benzene rings is 2. The van der Waals surface area contributed by atoms with Crippen LogP contribution in [0.5, 0.6) is 0 Å². The van der Waals surface area contributed by atoms with E-state index in [0.29, 0.717) is 17.0 Å². The molecule has 25 heavy (non-hydrogen) atoms. The van der Waals surface area contributed by atoms with Gasteiger partial charge < -0.3 is 4.90 Å². The quantitative estimate of drug-likeness (QED) is 0.531. The fraction of sp³-hybridized carbons (Fsp3) is 0.158. The van der Waals surface area contributed by atoms with Crippen LogP contribution >= 0.6 is 0 Å². The Morgan fingerprint density at radius 1 is 1.04 bits per heavy atom. The fourth-order valence-corrected chi connectivity index (χ4v) is 2.43. The summed E-state index contributed by atoms with van der Waals surface area (Å²) in [6, 6.07) is 17.0. The summed E-state index contributed by atoms with van der Waals surface area (Å²) < 4.78 is 1.57. The van der Waals surface area contributed by atoms with Crippen LogP contribution in [-0.2, 0) is 0 Å². The van der Waals surface area contributed by atoms with Gasteiger partial charge in [0.25, 0.3) is 0 Å². The molecule has 0 radical (unpaired) electrons. The molecule has 2 aromatic carbocycles. The zero-order valence-corrected chi connectivity index (χ0v) is 14.4. The lowest BCUT2D eigenvalue weighted by Crippen LogP contribution is -2.13. The summed E-state index contributed by atoms with van der Waals surface area (Å²) in [6.45, 7) is 1.99. The molecular weight excluding hydrogens is 314 g/mol. The van der Waals surface area contributed by atoms with Gasteiger partial charge in [0.1, 0.15) is 0 Å². The number of para-hydroxylation sites is 1. The first kappa shape index (κ1) is 16.6. The summed E-state index contributed by atoms with van der Waals surface area (Å²) in [4.78, 5) is 14.9. The van der Waals surface area contributed by atoms with Crippen LogP contribution in [0.4, 0.5) is 0 Å². The summed E-state index contributed by atoms with van der Waals surface area (Å²) in [5.41, 5.74) is 2.93. The highest BCUT2D eigenvalue weighted by Crippen LogP contribution is 2.21. The van der Waals surface area contributed by atoms with Gasteiger partial charge in [-0.25, -0.2) is 0 Å². The molecule has 0 amide bonds. The number of aryl methyl sites for hydroxylation is 1. The molecule has 3 aromatic rings. The third-order valence-corrected chi connectivity index (χ3v) is 3.66. The zero-order valence-electron chi connectivity index (χ0n) is 14.4. The number of carbonyl (C=O) groups is 1. The molecule has 3 rings (SSSR count). The minimum absolute atomic E-state index is 0.124. The number of rotatable bonds is 5. The predicted octanol–water partition coefficient (Wildman–Crippen LogP) is 2.76. The van der Waals surface area contributed by atoms with Gasteiger partial charge in [0, 0.05) is 25.9 Å². The molecule has 0 bridgehead atoms. The lowest BCUT2D eigenvalue weighted by atomic mass is 10.0. The van der Waals surface area contributed by atoms with E-state index in [1.54, 1.807) is 10.9 Å². The largest absolute Gasteiger partial charge is 0.383 e. The minimum atomic E-state index is -0.124. The van der Waals surface area contributed by atoms with E-state index >= 15 is 0 Å². The number of carbonyl (C=O) groups excluding carboxylic acids is 1. The van der Waals surface area contributed by atoms with E-state index in [-0.39, 0.29) is 5.78 Å². The molecule has 6 nitrogen and oxygen atoms in total. The van der Waals surface area contributed by atoms with Crippen molar-refractivity contribution in [1.82, 2.24) is 25.1 Å². The second-order valence-electron chi connectivity index (χ2n) is 5.95. The average Bonchev–Trinajstić information content (AvgIpc) is 3.10. The van der Waals surface area contributed by atoms with Crippen LogP contribution in [0.2, 0.25) is 0 Å². The van der Waals surface area contributed by atoms with Gasteiger partial charge in [0.15, 0.2) is 11.6 Å². The zero-order chi connectivity index (χ0) is 17.8. The molecule has 0 saturated carbocycles. The van der Waals surface area contributed by atoms with Crippen molar-refractivity contribution < 1.29 is 4.79 Å². The summed E-state index contributed by atoms with van der Waals surface area (Å²) in [6.07, 6.45) is 1.74. The maximum atomic E-state index is 13.1. The molecule has 1 heterocycles. The highest BCUT2D eigenvalue weighted by Gasteiger charge is 2.21. The van der Waals surface area contributed by atoms with E-state index in [9.17, 15) is 4.79 Å².